The number of carbonyl (C=O) groups excluding carboxylic acids is 2. The average molecular weight is 424 g/mol. The number of hydrogen-bond acceptors (Lipinski definition) is 4. The molecule has 0 saturated heterocycles. The number of amides is 2. The van der Waals surface area contributed by atoms with Crippen molar-refractivity contribution in [3.05, 3.63) is 59.7 Å². The van der Waals surface area contributed by atoms with Gasteiger partial charge in [0.1, 0.15) is 12.6 Å². The van der Waals surface area contributed by atoms with E-state index >= 15 is 0 Å². The summed E-state index contributed by atoms with van der Waals surface area (Å²) >= 11 is 0. The van der Waals surface area contributed by atoms with E-state index in [1.807, 2.05) is 43.3 Å². The molecule has 2 atom stereocenters. The van der Waals surface area contributed by atoms with Crippen LogP contribution in [0.25, 0.3) is 11.1 Å². The van der Waals surface area contributed by atoms with Gasteiger partial charge in [0.05, 0.1) is 0 Å². The van der Waals surface area contributed by atoms with Crippen molar-refractivity contribution in [3.8, 4) is 11.1 Å². The van der Waals surface area contributed by atoms with Crippen LogP contribution in [0.1, 0.15) is 50.2 Å². The van der Waals surface area contributed by atoms with Crippen molar-refractivity contribution in [2.75, 3.05) is 6.61 Å². The third-order valence-electron chi connectivity index (χ3n) is 5.41. The quantitative estimate of drug-likeness (QED) is 0.570. The fourth-order valence-electron chi connectivity index (χ4n) is 3.97. The van der Waals surface area contributed by atoms with Gasteiger partial charge in [-0.15, -0.1) is 0 Å². The summed E-state index contributed by atoms with van der Waals surface area (Å²) < 4.78 is 5.47. The van der Waals surface area contributed by atoms with E-state index in [1.165, 1.54) is 0 Å². The van der Waals surface area contributed by atoms with Gasteiger partial charge in [0.2, 0.25) is 5.91 Å². The molecule has 3 rings (SSSR count). The second kappa shape index (κ2) is 10.1. The van der Waals surface area contributed by atoms with Gasteiger partial charge in [0, 0.05) is 18.4 Å². The lowest BCUT2D eigenvalue weighted by atomic mass is 9.98. The Morgan fingerprint density at radius 3 is 2.13 bits per heavy atom. The highest BCUT2D eigenvalue weighted by molar-refractivity contribution is 5.84. The summed E-state index contributed by atoms with van der Waals surface area (Å²) in [4.78, 5) is 35.6. The smallest absolute Gasteiger partial charge is 0.407 e. The van der Waals surface area contributed by atoms with Crippen molar-refractivity contribution >= 4 is 18.0 Å². The zero-order valence-electron chi connectivity index (χ0n) is 17.8. The van der Waals surface area contributed by atoms with Gasteiger partial charge < -0.3 is 20.5 Å². The Balaban J connectivity index is 1.52. The molecule has 2 amide bonds. The first-order valence-electron chi connectivity index (χ1n) is 10.5. The molecular weight excluding hydrogens is 396 g/mol. The second-order valence-electron chi connectivity index (χ2n) is 7.82. The Kier molecular flexibility index (Phi) is 7.28. The molecular formula is C24H28N2O5. The molecule has 0 aromatic heterocycles. The van der Waals surface area contributed by atoms with Crippen molar-refractivity contribution in [2.45, 2.75) is 51.1 Å². The van der Waals surface area contributed by atoms with Crippen molar-refractivity contribution < 1.29 is 24.2 Å². The molecule has 3 N–H and O–H groups in total. The Labute approximate surface area is 181 Å². The van der Waals surface area contributed by atoms with Crippen molar-refractivity contribution in [2.24, 2.45) is 0 Å². The first-order valence-corrected chi connectivity index (χ1v) is 10.5. The maximum Gasteiger partial charge on any atom is 0.407 e. The lowest BCUT2D eigenvalue weighted by Gasteiger charge is -2.18. The summed E-state index contributed by atoms with van der Waals surface area (Å²) in [5, 5.41) is 14.3. The normalized spacial score (nSPS) is 14.1. The monoisotopic (exact) mass is 424 g/mol. The summed E-state index contributed by atoms with van der Waals surface area (Å²) in [7, 11) is 0. The number of alkyl carbamates (subject to hydrolysis) is 1. The minimum Gasteiger partial charge on any atom is -0.480 e. The van der Waals surface area contributed by atoms with Gasteiger partial charge in [-0.2, -0.15) is 0 Å². The highest BCUT2D eigenvalue weighted by Gasteiger charge is 2.29. The molecule has 0 aliphatic heterocycles. The molecule has 2 aromatic carbocycles. The van der Waals surface area contributed by atoms with Crippen LogP contribution in [-0.2, 0) is 14.3 Å². The molecule has 31 heavy (non-hydrogen) atoms. The van der Waals surface area contributed by atoms with E-state index in [2.05, 4.69) is 22.8 Å². The van der Waals surface area contributed by atoms with Crippen LogP contribution in [0.5, 0.6) is 0 Å². The Hall–Kier alpha value is -3.35. The van der Waals surface area contributed by atoms with Crippen LogP contribution in [0.4, 0.5) is 4.79 Å². The molecule has 7 nitrogen and oxygen atoms in total. The Morgan fingerprint density at radius 2 is 1.58 bits per heavy atom. The first kappa shape index (κ1) is 22.3. The van der Waals surface area contributed by atoms with Crippen LogP contribution < -0.4 is 10.6 Å². The summed E-state index contributed by atoms with van der Waals surface area (Å²) in [5.74, 6) is -1.53. The molecule has 7 heteroatoms. The van der Waals surface area contributed by atoms with Crippen LogP contribution in [-0.4, -0.2) is 41.8 Å². The average Bonchev–Trinajstić information content (AvgIpc) is 3.05. The number of carboxylic acids is 1. The van der Waals surface area contributed by atoms with E-state index in [0.29, 0.717) is 12.8 Å². The number of rotatable bonds is 9. The van der Waals surface area contributed by atoms with E-state index in [9.17, 15) is 14.4 Å². The predicted molar refractivity (Wildman–Crippen MR) is 117 cm³/mol. The number of hydrogen-bond donors (Lipinski definition) is 3. The molecule has 1 aliphatic carbocycles. The molecule has 0 bridgehead atoms. The maximum absolute atomic E-state index is 12.3. The van der Waals surface area contributed by atoms with Gasteiger partial charge in [0.25, 0.3) is 0 Å². The first-order chi connectivity index (χ1) is 14.9. The number of aliphatic carboxylic acids is 1. The minimum absolute atomic E-state index is 0.0301. The van der Waals surface area contributed by atoms with E-state index < -0.39 is 30.1 Å². The third-order valence-corrected chi connectivity index (χ3v) is 5.41. The summed E-state index contributed by atoms with van der Waals surface area (Å²) in [5.41, 5.74) is 4.55. The van der Waals surface area contributed by atoms with Gasteiger partial charge in [-0.05, 0) is 35.6 Å². The largest absolute Gasteiger partial charge is 0.480 e. The van der Waals surface area contributed by atoms with Gasteiger partial charge in [-0.25, -0.2) is 9.59 Å². The molecule has 164 valence electrons. The Morgan fingerprint density at radius 1 is 1.00 bits per heavy atom. The Bertz CT molecular complexity index is 913. The van der Waals surface area contributed by atoms with Gasteiger partial charge in [-0.1, -0.05) is 61.9 Å². The molecule has 1 aliphatic rings. The number of carbonyl (C=O) groups is 3. The predicted octanol–water partition coefficient (Wildman–Crippen LogP) is 3.67. The van der Waals surface area contributed by atoms with E-state index in [1.54, 1.807) is 6.92 Å². The molecule has 0 saturated carbocycles. The topological polar surface area (TPSA) is 105 Å². The molecule has 0 heterocycles. The van der Waals surface area contributed by atoms with Crippen LogP contribution in [0.3, 0.4) is 0 Å². The van der Waals surface area contributed by atoms with Crippen LogP contribution >= 0.6 is 0 Å². The maximum atomic E-state index is 12.3. The fraction of sp³-hybridized carbons (Fsp3) is 0.375. The molecule has 2 aromatic rings. The highest BCUT2D eigenvalue weighted by atomic mass is 16.5. The van der Waals surface area contributed by atoms with Crippen molar-refractivity contribution in [1.29, 1.82) is 0 Å². The molecule has 0 spiro atoms. The lowest BCUT2D eigenvalue weighted by molar-refractivity contribution is -0.142. The lowest BCUT2D eigenvalue weighted by Crippen LogP contribution is -2.44. The fourth-order valence-corrected chi connectivity index (χ4v) is 3.97. The van der Waals surface area contributed by atoms with Crippen molar-refractivity contribution in [1.82, 2.24) is 10.6 Å². The van der Waals surface area contributed by atoms with E-state index in [-0.39, 0.29) is 18.9 Å². The zero-order valence-corrected chi connectivity index (χ0v) is 17.8. The number of benzene rings is 2. The second-order valence-corrected chi connectivity index (χ2v) is 7.82. The number of carboxylic acid groups (broad SMARTS) is 1. The van der Waals surface area contributed by atoms with E-state index in [4.69, 9.17) is 9.84 Å². The van der Waals surface area contributed by atoms with Crippen molar-refractivity contribution in [3.63, 3.8) is 0 Å². The van der Waals surface area contributed by atoms with Gasteiger partial charge in [0.15, 0.2) is 0 Å². The number of nitrogens with one attached hydrogen (secondary N) is 2. The number of ether oxygens (including phenoxy) is 1. The highest BCUT2D eigenvalue weighted by Crippen LogP contribution is 2.44. The standard InChI is InChI=1S/C24H28N2O5/c1-3-8-21(23(28)29)26-22(27)13-15(2)25-24(30)31-14-20-18-11-6-4-9-16(18)17-10-5-7-12-19(17)20/h4-7,9-12,15,20-21H,3,8,13-14H2,1-2H3,(H,25,30)(H,26,27)(H,28,29)/t15-,21-/m1/s1. The molecule has 0 fully saturated rings. The number of fused-ring (bicyclic) bond motifs is 3. The summed E-state index contributed by atoms with van der Waals surface area (Å²) in [6, 6.07) is 14.7. The molecule has 0 unspecified atom stereocenters. The van der Waals surface area contributed by atoms with Gasteiger partial charge >= 0.3 is 12.1 Å². The van der Waals surface area contributed by atoms with E-state index in [0.717, 1.165) is 22.3 Å². The van der Waals surface area contributed by atoms with Crippen LogP contribution in [0, 0.1) is 0 Å². The van der Waals surface area contributed by atoms with Crippen LogP contribution in [0.15, 0.2) is 48.5 Å². The summed E-state index contributed by atoms with van der Waals surface area (Å²) in [6.45, 7) is 3.72. The zero-order chi connectivity index (χ0) is 22.4. The van der Waals surface area contributed by atoms with Gasteiger partial charge in [-0.3, -0.25) is 4.79 Å². The SMILES string of the molecule is CCC[C@@H](NC(=O)C[C@@H](C)NC(=O)OCC1c2ccccc2-c2ccccc21)C(=O)O. The third kappa shape index (κ3) is 5.42. The van der Waals surface area contributed by atoms with Crippen LogP contribution in [0.2, 0.25) is 0 Å². The summed E-state index contributed by atoms with van der Waals surface area (Å²) in [6.07, 6.45) is 0.364. The molecule has 0 radical (unpaired) electrons. The minimum atomic E-state index is -1.06.